The minimum Gasteiger partial charge on any atom is -0.349 e. The Hall–Kier alpha value is -2.62. The highest BCUT2D eigenvalue weighted by Gasteiger charge is 2.24. The summed E-state index contributed by atoms with van der Waals surface area (Å²) in [6.45, 7) is 0.717. The molecule has 4 heteroatoms. The van der Waals surface area contributed by atoms with Crippen LogP contribution in [0.3, 0.4) is 0 Å². The average Bonchev–Trinajstić information content (AvgIpc) is 3.20. The van der Waals surface area contributed by atoms with Gasteiger partial charge >= 0.3 is 0 Å². The number of anilines is 1. The summed E-state index contributed by atoms with van der Waals surface area (Å²) in [7, 11) is 0. The maximum absolute atomic E-state index is 13.1. The zero-order valence-corrected chi connectivity index (χ0v) is 14.9. The molecule has 26 heavy (non-hydrogen) atoms. The van der Waals surface area contributed by atoms with Gasteiger partial charge < -0.3 is 10.2 Å². The predicted molar refractivity (Wildman–Crippen MR) is 103 cm³/mol. The molecular weight excluding hydrogens is 324 g/mol. The molecule has 2 amide bonds. The SMILES string of the molecule is O=C(NC1CCCC1)c1cccc(C(=O)N2CCCc3ccccc32)c1. The lowest BCUT2D eigenvalue weighted by atomic mass is 10.0. The molecule has 0 spiro atoms. The maximum Gasteiger partial charge on any atom is 0.258 e. The van der Waals surface area contributed by atoms with E-state index < -0.39 is 0 Å². The molecule has 0 aromatic heterocycles. The van der Waals surface area contributed by atoms with Gasteiger partial charge in [0.05, 0.1) is 0 Å². The molecule has 4 nitrogen and oxygen atoms in total. The molecule has 1 aliphatic heterocycles. The number of benzene rings is 2. The van der Waals surface area contributed by atoms with Crippen molar-refractivity contribution in [3.63, 3.8) is 0 Å². The lowest BCUT2D eigenvalue weighted by Crippen LogP contribution is -2.36. The number of amides is 2. The van der Waals surface area contributed by atoms with Crippen molar-refractivity contribution in [2.75, 3.05) is 11.4 Å². The fraction of sp³-hybridized carbons (Fsp3) is 0.364. The normalized spacial score (nSPS) is 17.0. The topological polar surface area (TPSA) is 49.4 Å². The second-order valence-electron chi connectivity index (χ2n) is 7.22. The second-order valence-corrected chi connectivity index (χ2v) is 7.22. The van der Waals surface area contributed by atoms with Crippen LogP contribution >= 0.6 is 0 Å². The van der Waals surface area contributed by atoms with Crippen LogP contribution in [0.5, 0.6) is 0 Å². The van der Waals surface area contributed by atoms with E-state index in [9.17, 15) is 9.59 Å². The molecule has 4 rings (SSSR count). The Balaban J connectivity index is 1.55. The van der Waals surface area contributed by atoms with Gasteiger partial charge in [-0.2, -0.15) is 0 Å². The van der Waals surface area contributed by atoms with Gasteiger partial charge in [0.15, 0.2) is 0 Å². The Labute approximate surface area is 154 Å². The van der Waals surface area contributed by atoms with Crippen LogP contribution in [0.2, 0.25) is 0 Å². The molecular formula is C22H24N2O2. The molecule has 0 bridgehead atoms. The van der Waals surface area contributed by atoms with E-state index in [2.05, 4.69) is 11.4 Å². The first kappa shape index (κ1) is 16.8. The van der Waals surface area contributed by atoms with E-state index in [1.165, 1.54) is 18.4 Å². The summed E-state index contributed by atoms with van der Waals surface area (Å²) >= 11 is 0. The van der Waals surface area contributed by atoms with E-state index in [0.29, 0.717) is 17.7 Å². The number of carbonyl (C=O) groups is 2. The summed E-state index contributed by atoms with van der Waals surface area (Å²) < 4.78 is 0. The fourth-order valence-electron chi connectivity index (χ4n) is 4.03. The summed E-state index contributed by atoms with van der Waals surface area (Å²) in [6.07, 6.45) is 6.42. The van der Waals surface area contributed by atoms with Gasteiger partial charge in [-0.3, -0.25) is 9.59 Å². The van der Waals surface area contributed by atoms with Crippen LogP contribution in [0.1, 0.15) is 58.4 Å². The van der Waals surface area contributed by atoms with Crippen molar-refractivity contribution >= 4 is 17.5 Å². The number of hydrogen-bond acceptors (Lipinski definition) is 2. The third-order valence-corrected chi connectivity index (χ3v) is 5.42. The average molecular weight is 348 g/mol. The maximum atomic E-state index is 13.1. The second kappa shape index (κ2) is 7.32. The van der Waals surface area contributed by atoms with Crippen molar-refractivity contribution in [1.29, 1.82) is 0 Å². The molecule has 1 N–H and O–H groups in total. The van der Waals surface area contributed by atoms with Crippen LogP contribution < -0.4 is 10.2 Å². The lowest BCUT2D eigenvalue weighted by Gasteiger charge is -2.29. The van der Waals surface area contributed by atoms with Crippen molar-refractivity contribution < 1.29 is 9.59 Å². The fourth-order valence-corrected chi connectivity index (χ4v) is 4.03. The van der Waals surface area contributed by atoms with Gasteiger partial charge in [0, 0.05) is 29.4 Å². The zero-order valence-electron chi connectivity index (χ0n) is 14.9. The molecule has 0 saturated heterocycles. The highest BCUT2D eigenvalue weighted by Crippen LogP contribution is 2.28. The van der Waals surface area contributed by atoms with Crippen LogP contribution in [-0.4, -0.2) is 24.4 Å². The minimum absolute atomic E-state index is 0.0346. The lowest BCUT2D eigenvalue weighted by molar-refractivity contribution is 0.0938. The monoisotopic (exact) mass is 348 g/mol. The van der Waals surface area contributed by atoms with E-state index in [1.54, 1.807) is 24.3 Å². The summed E-state index contributed by atoms with van der Waals surface area (Å²) in [5, 5.41) is 3.09. The zero-order chi connectivity index (χ0) is 17.9. The third-order valence-electron chi connectivity index (χ3n) is 5.42. The van der Waals surface area contributed by atoms with Gasteiger partial charge in [0.25, 0.3) is 11.8 Å². The number of nitrogens with one attached hydrogen (secondary N) is 1. The summed E-state index contributed by atoms with van der Waals surface area (Å²) in [6, 6.07) is 15.4. The van der Waals surface area contributed by atoms with Crippen LogP contribution in [-0.2, 0) is 6.42 Å². The van der Waals surface area contributed by atoms with Gasteiger partial charge in [0.2, 0.25) is 0 Å². The van der Waals surface area contributed by atoms with Crippen LogP contribution in [0.4, 0.5) is 5.69 Å². The van der Waals surface area contributed by atoms with Crippen LogP contribution in [0.15, 0.2) is 48.5 Å². The molecule has 0 radical (unpaired) electrons. The number of rotatable bonds is 3. The Morgan fingerprint density at radius 2 is 1.69 bits per heavy atom. The first-order chi connectivity index (χ1) is 12.7. The summed E-state index contributed by atoms with van der Waals surface area (Å²) in [5.41, 5.74) is 3.33. The molecule has 1 saturated carbocycles. The molecule has 1 fully saturated rings. The first-order valence-corrected chi connectivity index (χ1v) is 9.53. The molecule has 1 aliphatic carbocycles. The van der Waals surface area contributed by atoms with Crippen LogP contribution in [0.25, 0.3) is 0 Å². The van der Waals surface area contributed by atoms with Gasteiger partial charge in [-0.15, -0.1) is 0 Å². The van der Waals surface area contributed by atoms with Gasteiger partial charge in [-0.05, 0) is 55.5 Å². The van der Waals surface area contributed by atoms with E-state index in [0.717, 1.165) is 31.4 Å². The summed E-state index contributed by atoms with van der Waals surface area (Å²) in [5.74, 6) is -0.113. The number of aryl methyl sites for hydroxylation is 1. The Morgan fingerprint density at radius 3 is 2.54 bits per heavy atom. The molecule has 2 aromatic carbocycles. The van der Waals surface area contributed by atoms with E-state index in [4.69, 9.17) is 0 Å². The minimum atomic E-state index is -0.0782. The van der Waals surface area contributed by atoms with E-state index >= 15 is 0 Å². The molecule has 0 atom stereocenters. The van der Waals surface area contributed by atoms with E-state index in [-0.39, 0.29) is 17.9 Å². The number of para-hydroxylation sites is 1. The van der Waals surface area contributed by atoms with Crippen molar-refractivity contribution in [2.45, 2.75) is 44.6 Å². The predicted octanol–water partition coefficient (Wildman–Crippen LogP) is 3.95. The van der Waals surface area contributed by atoms with Gasteiger partial charge in [-0.1, -0.05) is 37.1 Å². The van der Waals surface area contributed by atoms with Gasteiger partial charge in [-0.25, -0.2) is 0 Å². The molecule has 2 aliphatic rings. The summed E-state index contributed by atoms with van der Waals surface area (Å²) in [4.78, 5) is 27.4. The molecule has 134 valence electrons. The van der Waals surface area contributed by atoms with Crippen LogP contribution in [0, 0.1) is 0 Å². The Morgan fingerprint density at radius 1 is 0.923 bits per heavy atom. The molecule has 0 unspecified atom stereocenters. The highest BCUT2D eigenvalue weighted by molar-refractivity contribution is 6.08. The van der Waals surface area contributed by atoms with Crippen molar-refractivity contribution in [2.24, 2.45) is 0 Å². The van der Waals surface area contributed by atoms with Crippen molar-refractivity contribution in [3.8, 4) is 0 Å². The largest absolute Gasteiger partial charge is 0.349 e. The molecule has 2 aromatic rings. The number of fused-ring (bicyclic) bond motifs is 1. The third kappa shape index (κ3) is 3.36. The number of nitrogens with zero attached hydrogens (tertiary/aromatic N) is 1. The van der Waals surface area contributed by atoms with Crippen molar-refractivity contribution in [1.82, 2.24) is 5.32 Å². The smallest absolute Gasteiger partial charge is 0.258 e. The van der Waals surface area contributed by atoms with Gasteiger partial charge in [0.1, 0.15) is 0 Å². The Bertz CT molecular complexity index is 824. The number of hydrogen-bond donors (Lipinski definition) is 1. The van der Waals surface area contributed by atoms with E-state index in [1.807, 2.05) is 23.1 Å². The Kier molecular flexibility index (Phi) is 4.74. The highest BCUT2D eigenvalue weighted by atomic mass is 16.2. The quantitative estimate of drug-likeness (QED) is 0.913. The number of carbonyl (C=O) groups excluding carboxylic acids is 2. The van der Waals surface area contributed by atoms with Crippen molar-refractivity contribution in [3.05, 3.63) is 65.2 Å². The standard InChI is InChI=1S/C22H24N2O2/c25-21(23-19-11-2-3-12-19)17-8-5-9-18(15-17)22(26)24-14-6-10-16-7-1-4-13-20(16)24/h1,4-5,7-9,13,15,19H,2-3,6,10-12,14H2,(H,23,25). The molecule has 1 heterocycles. The first-order valence-electron chi connectivity index (χ1n) is 9.53.